The van der Waals surface area contributed by atoms with E-state index in [0.717, 1.165) is 6.54 Å². The molecule has 1 aliphatic heterocycles. The van der Waals surface area contributed by atoms with E-state index in [0.29, 0.717) is 12.0 Å². The molecule has 1 nitrogen and oxygen atoms in total. The van der Waals surface area contributed by atoms with Crippen LogP contribution in [-0.4, -0.2) is 12.6 Å². The van der Waals surface area contributed by atoms with Crippen LogP contribution in [0.5, 0.6) is 0 Å². The zero-order chi connectivity index (χ0) is 5.28. The SMILES string of the molecule is [CH2]C1CNC(C)C1. The molecule has 1 saturated heterocycles. The van der Waals surface area contributed by atoms with Gasteiger partial charge in [-0.25, -0.2) is 0 Å². The molecule has 1 heteroatoms. The highest BCUT2D eigenvalue weighted by Crippen LogP contribution is 2.10. The average Bonchev–Trinajstić information content (AvgIpc) is 1.87. The first-order chi connectivity index (χ1) is 3.29. The van der Waals surface area contributed by atoms with Crippen molar-refractivity contribution in [3.8, 4) is 0 Å². The summed E-state index contributed by atoms with van der Waals surface area (Å²) in [6.45, 7) is 7.24. The molecule has 2 unspecified atom stereocenters. The molecule has 1 N–H and O–H groups in total. The van der Waals surface area contributed by atoms with Gasteiger partial charge in [-0.05, 0) is 32.7 Å². The molecule has 0 aliphatic carbocycles. The van der Waals surface area contributed by atoms with Gasteiger partial charge in [0.25, 0.3) is 0 Å². The zero-order valence-electron chi connectivity index (χ0n) is 4.78. The molecule has 2 atom stereocenters. The van der Waals surface area contributed by atoms with Crippen LogP contribution in [0.25, 0.3) is 0 Å². The first kappa shape index (κ1) is 5.10. The molecule has 0 bridgehead atoms. The first-order valence-corrected chi connectivity index (χ1v) is 2.85. The summed E-state index contributed by atoms with van der Waals surface area (Å²) in [6, 6.07) is 0.711. The van der Waals surface area contributed by atoms with E-state index in [1.807, 2.05) is 0 Å². The number of nitrogens with one attached hydrogen (secondary N) is 1. The maximum atomic E-state index is 3.93. The summed E-state index contributed by atoms with van der Waals surface area (Å²) in [5.74, 6) is 0.662. The van der Waals surface area contributed by atoms with Crippen LogP contribution in [0, 0.1) is 12.8 Å². The van der Waals surface area contributed by atoms with Gasteiger partial charge in [-0.2, -0.15) is 0 Å². The molecule has 0 aromatic heterocycles. The van der Waals surface area contributed by atoms with Crippen molar-refractivity contribution in [2.45, 2.75) is 19.4 Å². The van der Waals surface area contributed by atoms with Crippen LogP contribution in [0.15, 0.2) is 0 Å². The van der Waals surface area contributed by atoms with Gasteiger partial charge < -0.3 is 5.32 Å². The second-order valence-electron chi connectivity index (χ2n) is 2.41. The second kappa shape index (κ2) is 1.83. The summed E-state index contributed by atoms with van der Waals surface area (Å²) in [5, 5.41) is 3.31. The van der Waals surface area contributed by atoms with E-state index < -0.39 is 0 Å². The predicted molar refractivity (Wildman–Crippen MR) is 30.9 cm³/mol. The van der Waals surface area contributed by atoms with Crippen molar-refractivity contribution < 1.29 is 0 Å². The van der Waals surface area contributed by atoms with Gasteiger partial charge in [0.05, 0.1) is 0 Å². The van der Waals surface area contributed by atoms with Crippen LogP contribution >= 0.6 is 0 Å². The molecule has 0 spiro atoms. The lowest BCUT2D eigenvalue weighted by Gasteiger charge is -1.96. The lowest BCUT2D eigenvalue weighted by Crippen LogP contribution is -2.16. The van der Waals surface area contributed by atoms with E-state index in [9.17, 15) is 0 Å². The quantitative estimate of drug-likeness (QED) is 0.473. The molecule has 0 aromatic rings. The Bertz CT molecular complexity index is 53.2. The van der Waals surface area contributed by atoms with Gasteiger partial charge in [0, 0.05) is 6.04 Å². The minimum absolute atomic E-state index is 0.662. The van der Waals surface area contributed by atoms with Gasteiger partial charge in [-0.1, -0.05) is 0 Å². The molecule has 1 aliphatic rings. The van der Waals surface area contributed by atoms with Crippen molar-refractivity contribution in [3.63, 3.8) is 0 Å². The number of rotatable bonds is 0. The van der Waals surface area contributed by atoms with Crippen molar-refractivity contribution in [3.05, 3.63) is 6.92 Å². The molecular formula is C6H12N. The van der Waals surface area contributed by atoms with Gasteiger partial charge in [-0.3, -0.25) is 0 Å². The van der Waals surface area contributed by atoms with Gasteiger partial charge >= 0.3 is 0 Å². The van der Waals surface area contributed by atoms with E-state index in [1.165, 1.54) is 6.42 Å². The Hall–Kier alpha value is -0.0400. The second-order valence-corrected chi connectivity index (χ2v) is 2.41. The topological polar surface area (TPSA) is 12.0 Å². The fourth-order valence-corrected chi connectivity index (χ4v) is 1.03. The van der Waals surface area contributed by atoms with E-state index in [-0.39, 0.29) is 0 Å². The number of hydrogen-bond acceptors (Lipinski definition) is 1. The van der Waals surface area contributed by atoms with Gasteiger partial charge in [0.15, 0.2) is 0 Å². The lowest BCUT2D eigenvalue weighted by atomic mass is 10.1. The highest BCUT2D eigenvalue weighted by molar-refractivity contribution is 4.78. The molecule has 1 fully saturated rings. The van der Waals surface area contributed by atoms with Gasteiger partial charge in [0.2, 0.25) is 0 Å². The zero-order valence-corrected chi connectivity index (χ0v) is 4.78. The molecule has 1 radical (unpaired) electrons. The maximum Gasteiger partial charge on any atom is 0.00419 e. The first-order valence-electron chi connectivity index (χ1n) is 2.85. The lowest BCUT2D eigenvalue weighted by molar-refractivity contribution is 0.652. The fourth-order valence-electron chi connectivity index (χ4n) is 1.03. The molecule has 1 rings (SSSR count). The Morgan fingerprint density at radius 2 is 2.43 bits per heavy atom. The summed E-state index contributed by atoms with van der Waals surface area (Å²) in [4.78, 5) is 0. The summed E-state index contributed by atoms with van der Waals surface area (Å²) < 4.78 is 0. The summed E-state index contributed by atoms with van der Waals surface area (Å²) in [6.07, 6.45) is 1.25. The van der Waals surface area contributed by atoms with Crippen molar-refractivity contribution >= 4 is 0 Å². The Kier molecular flexibility index (Phi) is 1.33. The van der Waals surface area contributed by atoms with Gasteiger partial charge in [-0.15, -0.1) is 0 Å². The minimum atomic E-state index is 0.662. The molecule has 0 saturated carbocycles. The summed E-state index contributed by atoms with van der Waals surface area (Å²) >= 11 is 0. The third kappa shape index (κ3) is 1.16. The molecule has 41 valence electrons. The standard InChI is InChI=1S/C6H12N/c1-5-3-6(2)7-4-5/h5-7H,1,3-4H2,2H3. The van der Waals surface area contributed by atoms with E-state index in [4.69, 9.17) is 0 Å². The van der Waals surface area contributed by atoms with Crippen LogP contribution in [0.1, 0.15) is 13.3 Å². The van der Waals surface area contributed by atoms with E-state index in [1.54, 1.807) is 0 Å². The normalized spacial score (nSPS) is 42.0. The summed E-state index contributed by atoms with van der Waals surface area (Å²) in [7, 11) is 0. The van der Waals surface area contributed by atoms with Crippen molar-refractivity contribution in [2.75, 3.05) is 6.54 Å². The van der Waals surface area contributed by atoms with Crippen LogP contribution in [0.3, 0.4) is 0 Å². The van der Waals surface area contributed by atoms with Crippen LogP contribution in [-0.2, 0) is 0 Å². The largest absolute Gasteiger partial charge is 0.314 e. The van der Waals surface area contributed by atoms with Crippen LogP contribution in [0.2, 0.25) is 0 Å². The highest BCUT2D eigenvalue weighted by Gasteiger charge is 2.14. The monoisotopic (exact) mass is 98.1 g/mol. The third-order valence-electron chi connectivity index (χ3n) is 1.44. The molecule has 1 heterocycles. The summed E-state index contributed by atoms with van der Waals surface area (Å²) in [5.41, 5.74) is 0. The van der Waals surface area contributed by atoms with Crippen molar-refractivity contribution in [2.24, 2.45) is 5.92 Å². The third-order valence-corrected chi connectivity index (χ3v) is 1.44. The van der Waals surface area contributed by atoms with Crippen molar-refractivity contribution in [1.82, 2.24) is 5.32 Å². The van der Waals surface area contributed by atoms with Crippen LogP contribution < -0.4 is 5.32 Å². The Balaban J connectivity index is 2.26. The fraction of sp³-hybridized carbons (Fsp3) is 0.833. The van der Waals surface area contributed by atoms with Crippen molar-refractivity contribution in [1.29, 1.82) is 0 Å². The Labute approximate surface area is 45.1 Å². The average molecular weight is 98.2 g/mol. The maximum absolute atomic E-state index is 3.93. The Morgan fingerprint density at radius 1 is 1.71 bits per heavy atom. The number of hydrogen-bond donors (Lipinski definition) is 1. The van der Waals surface area contributed by atoms with E-state index >= 15 is 0 Å². The van der Waals surface area contributed by atoms with Gasteiger partial charge in [0.1, 0.15) is 0 Å². The highest BCUT2D eigenvalue weighted by atomic mass is 14.9. The minimum Gasteiger partial charge on any atom is -0.314 e. The molecule has 0 amide bonds. The smallest absolute Gasteiger partial charge is 0.00419 e. The van der Waals surface area contributed by atoms with E-state index in [2.05, 4.69) is 19.2 Å². The van der Waals surface area contributed by atoms with Crippen LogP contribution in [0.4, 0.5) is 0 Å². The predicted octanol–water partition coefficient (Wildman–Crippen LogP) is 0.818. The Morgan fingerprint density at radius 3 is 2.57 bits per heavy atom. The molecule has 0 aromatic carbocycles. The molecular weight excluding hydrogens is 86.1 g/mol. The molecule has 7 heavy (non-hydrogen) atoms.